The fourth-order valence-electron chi connectivity index (χ4n) is 7.88. The van der Waals surface area contributed by atoms with Crippen LogP contribution in [0.4, 0.5) is 5.69 Å². The van der Waals surface area contributed by atoms with E-state index in [1.807, 2.05) is 53.7 Å². The van der Waals surface area contributed by atoms with E-state index in [1.54, 1.807) is 11.8 Å². The number of carbonyl (C=O) groups excluding carboxylic acids is 3. The number of anilines is 1. The molecule has 1 aromatic rings. The second-order valence-electron chi connectivity index (χ2n) is 15.9. The molecule has 3 fully saturated rings. The number of nitrogens with zero attached hydrogens (tertiary/aromatic N) is 1. The Kier molecular flexibility index (Phi) is 12.1. The number of unbranched alkanes of at least 4 members (excludes halogenated alkanes) is 9. The van der Waals surface area contributed by atoms with Crippen LogP contribution in [-0.4, -0.2) is 40.5 Å². The minimum atomic E-state index is -0.350. The minimum Gasteiger partial charge on any atom is -0.507 e. The highest BCUT2D eigenvalue weighted by atomic mass is 32.2. The van der Waals surface area contributed by atoms with E-state index in [4.69, 9.17) is 4.74 Å². The molecule has 7 heteroatoms. The quantitative estimate of drug-likeness (QED) is 0.110. The Morgan fingerprint density at radius 1 is 0.844 bits per heavy atom. The van der Waals surface area contributed by atoms with Crippen LogP contribution in [0, 0.1) is 23.7 Å². The fourth-order valence-corrected chi connectivity index (χ4v) is 9.38. The van der Waals surface area contributed by atoms with E-state index in [0.717, 1.165) is 36.8 Å². The van der Waals surface area contributed by atoms with E-state index in [0.29, 0.717) is 24.5 Å². The Hall–Kier alpha value is -2.02. The molecule has 0 spiro atoms. The van der Waals surface area contributed by atoms with Gasteiger partial charge in [-0.25, -0.2) is 0 Å². The molecule has 1 heterocycles. The number of hydrogen-bond acceptors (Lipinski definition) is 6. The van der Waals surface area contributed by atoms with Gasteiger partial charge in [-0.1, -0.05) is 106 Å². The van der Waals surface area contributed by atoms with Crippen LogP contribution in [0.25, 0.3) is 0 Å². The Balaban J connectivity index is 1.25. The highest BCUT2D eigenvalue weighted by Crippen LogP contribution is 2.60. The molecule has 45 heavy (non-hydrogen) atoms. The lowest BCUT2D eigenvalue weighted by atomic mass is 9.79. The first-order chi connectivity index (χ1) is 21.3. The van der Waals surface area contributed by atoms with Gasteiger partial charge in [0.1, 0.15) is 5.75 Å². The zero-order valence-corrected chi connectivity index (χ0v) is 29.9. The van der Waals surface area contributed by atoms with Crippen molar-refractivity contribution in [2.45, 2.75) is 148 Å². The van der Waals surface area contributed by atoms with Gasteiger partial charge in [-0.15, -0.1) is 0 Å². The van der Waals surface area contributed by atoms with Crippen LogP contribution in [0.3, 0.4) is 0 Å². The van der Waals surface area contributed by atoms with Gasteiger partial charge < -0.3 is 9.84 Å². The van der Waals surface area contributed by atoms with Crippen LogP contribution in [0.15, 0.2) is 12.1 Å². The second-order valence-corrected chi connectivity index (χ2v) is 17.3. The largest absolute Gasteiger partial charge is 0.507 e. The number of benzene rings is 1. The van der Waals surface area contributed by atoms with Crippen LogP contribution < -0.4 is 4.90 Å². The first-order valence-electron chi connectivity index (χ1n) is 17.8. The van der Waals surface area contributed by atoms with E-state index in [9.17, 15) is 19.5 Å². The van der Waals surface area contributed by atoms with Crippen molar-refractivity contribution < 1.29 is 24.2 Å². The normalized spacial score (nSPS) is 24.5. The number of esters is 1. The molecule has 1 aromatic carbocycles. The number of aromatic hydroxyl groups is 1. The molecule has 2 amide bonds. The summed E-state index contributed by atoms with van der Waals surface area (Å²) in [4.78, 5) is 41.6. The summed E-state index contributed by atoms with van der Waals surface area (Å²) in [6, 6.07) is 3.69. The van der Waals surface area contributed by atoms with Crippen molar-refractivity contribution in [1.82, 2.24) is 0 Å². The zero-order valence-electron chi connectivity index (χ0n) is 29.1. The Morgan fingerprint density at radius 2 is 1.38 bits per heavy atom. The summed E-state index contributed by atoms with van der Waals surface area (Å²) < 4.78 is 5.50. The number of hydrogen-bond donors (Lipinski definition) is 1. The lowest BCUT2D eigenvalue weighted by Gasteiger charge is -2.30. The third kappa shape index (κ3) is 8.48. The SMILES string of the molecule is CCCCCCCCCCCCOC(=O)CCSC1CC2CC1C1C(=O)N(c3cc(C(C)(C)C)c(O)c(C(C)(C)C)c3)C(=O)C21. The van der Waals surface area contributed by atoms with Gasteiger partial charge in [0, 0.05) is 22.1 Å². The first-order valence-corrected chi connectivity index (χ1v) is 18.8. The van der Waals surface area contributed by atoms with E-state index < -0.39 is 0 Å². The lowest BCUT2D eigenvalue weighted by molar-refractivity contribution is -0.143. The molecule has 2 bridgehead atoms. The number of imide groups is 1. The van der Waals surface area contributed by atoms with Crippen LogP contribution in [0.1, 0.15) is 143 Å². The number of thioether (sulfide) groups is 1. The molecule has 1 saturated heterocycles. The molecule has 5 atom stereocenters. The molecule has 1 N–H and O–H groups in total. The number of ether oxygens (including phenoxy) is 1. The number of rotatable bonds is 16. The fraction of sp³-hybridized carbons (Fsp3) is 0.763. The monoisotopic (exact) mass is 641 g/mol. The third-order valence-electron chi connectivity index (χ3n) is 10.3. The van der Waals surface area contributed by atoms with Crippen molar-refractivity contribution in [2.75, 3.05) is 17.3 Å². The summed E-state index contributed by atoms with van der Waals surface area (Å²) in [5.74, 6) is 0.462. The summed E-state index contributed by atoms with van der Waals surface area (Å²) in [5.41, 5.74) is 1.38. The molecule has 5 unspecified atom stereocenters. The van der Waals surface area contributed by atoms with E-state index in [2.05, 4.69) is 6.92 Å². The third-order valence-corrected chi connectivity index (χ3v) is 11.7. The van der Waals surface area contributed by atoms with Gasteiger partial charge in [0.05, 0.1) is 30.6 Å². The van der Waals surface area contributed by atoms with Crippen molar-refractivity contribution in [3.8, 4) is 5.75 Å². The number of phenolic OH excluding ortho intramolecular Hbond substituents is 1. The molecule has 252 valence electrons. The number of phenols is 1. The maximum atomic E-state index is 14.0. The Labute approximate surface area is 276 Å². The number of amides is 2. The molecular weight excluding hydrogens is 582 g/mol. The summed E-state index contributed by atoms with van der Waals surface area (Å²) in [6.07, 6.45) is 14.8. The summed E-state index contributed by atoms with van der Waals surface area (Å²) in [7, 11) is 0. The molecule has 3 aliphatic rings. The number of carbonyl (C=O) groups is 3. The van der Waals surface area contributed by atoms with Crippen molar-refractivity contribution in [2.24, 2.45) is 23.7 Å². The van der Waals surface area contributed by atoms with Gasteiger partial charge in [0.15, 0.2) is 0 Å². The molecule has 1 aliphatic heterocycles. The van der Waals surface area contributed by atoms with Gasteiger partial charge in [-0.3, -0.25) is 19.3 Å². The van der Waals surface area contributed by atoms with Crippen LogP contribution in [0.5, 0.6) is 5.75 Å². The molecule has 0 aromatic heterocycles. The maximum absolute atomic E-state index is 14.0. The van der Waals surface area contributed by atoms with Crippen LogP contribution in [-0.2, 0) is 30.0 Å². The van der Waals surface area contributed by atoms with E-state index >= 15 is 0 Å². The summed E-state index contributed by atoms with van der Waals surface area (Å²) in [6.45, 7) is 15.0. The molecule has 4 rings (SSSR count). The number of fused-ring (bicyclic) bond motifs is 5. The average molecular weight is 642 g/mol. The molecule has 6 nitrogen and oxygen atoms in total. The zero-order chi connectivity index (χ0) is 32.9. The lowest BCUT2D eigenvalue weighted by Crippen LogP contribution is -2.34. The van der Waals surface area contributed by atoms with Gasteiger partial charge in [-0.2, -0.15) is 11.8 Å². The van der Waals surface area contributed by atoms with Crippen LogP contribution >= 0.6 is 11.8 Å². The standard InChI is InChI=1S/C38H59NO5S/c1-8-9-10-11-12-13-14-15-16-17-19-44-31(40)18-20-45-30-22-25-21-27(30)33-32(25)35(42)39(36(33)43)26-23-28(37(2,3)4)34(41)29(24-26)38(5,6)7/h23-25,27,30,32-33,41H,8-22H2,1-7H3. The first kappa shape index (κ1) is 35.8. The van der Waals surface area contributed by atoms with Crippen molar-refractivity contribution >= 4 is 35.2 Å². The topological polar surface area (TPSA) is 83.9 Å². The predicted octanol–water partition coefficient (Wildman–Crippen LogP) is 9.09. The van der Waals surface area contributed by atoms with Gasteiger partial charge in [0.25, 0.3) is 0 Å². The highest BCUT2D eigenvalue weighted by Gasteiger charge is 2.64. The molecule has 2 aliphatic carbocycles. The van der Waals surface area contributed by atoms with Gasteiger partial charge >= 0.3 is 5.97 Å². The van der Waals surface area contributed by atoms with E-state index in [1.165, 1.54) is 56.3 Å². The summed E-state index contributed by atoms with van der Waals surface area (Å²) in [5, 5.41) is 11.5. The molecule has 0 radical (unpaired) electrons. The van der Waals surface area contributed by atoms with Gasteiger partial charge in [0.2, 0.25) is 11.8 Å². The minimum absolute atomic E-state index is 0.0816. The van der Waals surface area contributed by atoms with E-state index in [-0.39, 0.29) is 63.3 Å². The second kappa shape index (κ2) is 15.3. The Morgan fingerprint density at radius 3 is 1.93 bits per heavy atom. The summed E-state index contributed by atoms with van der Waals surface area (Å²) >= 11 is 1.78. The highest BCUT2D eigenvalue weighted by molar-refractivity contribution is 7.99. The molecule has 2 saturated carbocycles. The van der Waals surface area contributed by atoms with Crippen molar-refractivity contribution in [3.05, 3.63) is 23.3 Å². The van der Waals surface area contributed by atoms with Crippen molar-refractivity contribution in [1.29, 1.82) is 0 Å². The Bertz CT molecular complexity index is 1160. The average Bonchev–Trinajstić information content (AvgIpc) is 3.61. The predicted molar refractivity (Wildman–Crippen MR) is 185 cm³/mol. The van der Waals surface area contributed by atoms with Crippen LogP contribution in [0.2, 0.25) is 0 Å². The smallest absolute Gasteiger partial charge is 0.306 e. The molecular formula is C38H59NO5S. The van der Waals surface area contributed by atoms with Gasteiger partial charge in [-0.05, 0) is 54.1 Å². The van der Waals surface area contributed by atoms with Crippen molar-refractivity contribution in [3.63, 3.8) is 0 Å². The maximum Gasteiger partial charge on any atom is 0.306 e.